The van der Waals surface area contributed by atoms with Crippen LogP contribution in [0.1, 0.15) is 4.79 Å². The molecular formula is C20H12Cl3NO2. The number of halogens is 3. The summed E-state index contributed by atoms with van der Waals surface area (Å²) < 4.78 is 7.27. The molecule has 0 aliphatic rings. The van der Waals surface area contributed by atoms with Crippen molar-refractivity contribution in [3.63, 3.8) is 0 Å². The Morgan fingerprint density at radius 2 is 1.35 bits per heavy atom. The fourth-order valence-electron chi connectivity index (χ4n) is 3.06. The third-order valence-corrected chi connectivity index (χ3v) is 4.91. The third kappa shape index (κ3) is 2.92. The first kappa shape index (κ1) is 17.2. The van der Waals surface area contributed by atoms with Gasteiger partial charge >= 0.3 is 0 Å². The number of aromatic nitrogens is 1. The van der Waals surface area contributed by atoms with E-state index in [4.69, 9.17) is 39.5 Å². The number of benzene rings is 3. The molecule has 0 atom stereocenters. The average Bonchev–Trinajstić information content (AvgIpc) is 2.95. The van der Waals surface area contributed by atoms with Gasteiger partial charge in [-0.2, -0.15) is 0 Å². The molecule has 1 aromatic heterocycles. The second-order valence-electron chi connectivity index (χ2n) is 5.75. The first-order valence-corrected chi connectivity index (χ1v) is 8.98. The van der Waals surface area contributed by atoms with Crippen molar-refractivity contribution in [2.24, 2.45) is 0 Å². The van der Waals surface area contributed by atoms with Crippen LogP contribution in [0.5, 0.6) is 5.75 Å². The standard InChI is InChI=1S/C20H12Cl3NO2/c21-12-9-15(22)20(16(23)10-12)26-11-19(25)24-17-7-3-1-5-13(17)14-6-2-4-8-18(14)24/h1-10H,11H2. The normalized spacial score (nSPS) is 11.2. The lowest BCUT2D eigenvalue weighted by atomic mass is 10.2. The first-order valence-electron chi connectivity index (χ1n) is 7.85. The fourth-order valence-corrected chi connectivity index (χ4v) is 3.98. The van der Waals surface area contributed by atoms with Gasteiger partial charge < -0.3 is 4.74 Å². The number of carbonyl (C=O) groups is 1. The highest BCUT2D eigenvalue weighted by Crippen LogP contribution is 2.36. The zero-order valence-corrected chi connectivity index (χ0v) is 15.6. The van der Waals surface area contributed by atoms with Crippen molar-refractivity contribution in [2.45, 2.75) is 0 Å². The van der Waals surface area contributed by atoms with Gasteiger partial charge in [-0.15, -0.1) is 0 Å². The van der Waals surface area contributed by atoms with Crippen LogP contribution in [0.4, 0.5) is 0 Å². The van der Waals surface area contributed by atoms with Gasteiger partial charge in [-0.1, -0.05) is 71.2 Å². The highest BCUT2D eigenvalue weighted by molar-refractivity contribution is 6.40. The molecule has 3 aromatic carbocycles. The summed E-state index contributed by atoms with van der Waals surface area (Å²) in [5.41, 5.74) is 1.66. The van der Waals surface area contributed by atoms with Gasteiger partial charge in [0.2, 0.25) is 0 Å². The number of carbonyl (C=O) groups excluding carboxylic acids is 1. The maximum atomic E-state index is 12.9. The number of nitrogens with zero attached hydrogens (tertiary/aromatic N) is 1. The highest BCUT2D eigenvalue weighted by Gasteiger charge is 2.17. The number of hydrogen-bond acceptors (Lipinski definition) is 2. The zero-order valence-electron chi connectivity index (χ0n) is 13.4. The van der Waals surface area contributed by atoms with E-state index in [1.165, 1.54) is 12.1 Å². The first-order chi connectivity index (χ1) is 12.6. The molecule has 0 spiro atoms. The molecule has 0 saturated carbocycles. The van der Waals surface area contributed by atoms with Gasteiger partial charge in [0.15, 0.2) is 12.4 Å². The lowest BCUT2D eigenvalue weighted by Crippen LogP contribution is -2.19. The van der Waals surface area contributed by atoms with Crippen molar-refractivity contribution < 1.29 is 9.53 Å². The van der Waals surface area contributed by atoms with Gasteiger partial charge in [0.1, 0.15) is 0 Å². The van der Waals surface area contributed by atoms with E-state index in [9.17, 15) is 4.79 Å². The molecule has 3 nitrogen and oxygen atoms in total. The minimum Gasteiger partial charge on any atom is -0.481 e. The molecule has 4 rings (SSSR count). The topological polar surface area (TPSA) is 31.2 Å². The van der Waals surface area contributed by atoms with Gasteiger partial charge in [-0.25, -0.2) is 0 Å². The largest absolute Gasteiger partial charge is 0.481 e. The van der Waals surface area contributed by atoms with Crippen molar-refractivity contribution in [1.82, 2.24) is 4.57 Å². The van der Waals surface area contributed by atoms with Crippen LogP contribution < -0.4 is 4.74 Å². The molecule has 1 heterocycles. The summed E-state index contributed by atoms with van der Waals surface area (Å²) in [6, 6.07) is 18.6. The molecule has 0 amide bonds. The lowest BCUT2D eigenvalue weighted by molar-refractivity contribution is 0.0848. The summed E-state index contributed by atoms with van der Waals surface area (Å²) in [4.78, 5) is 12.9. The van der Waals surface area contributed by atoms with Gasteiger partial charge in [0, 0.05) is 15.8 Å². The number of rotatable bonds is 3. The Hall–Kier alpha value is -2.20. The Balaban J connectivity index is 1.73. The molecule has 26 heavy (non-hydrogen) atoms. The van der Waals surface area contributed by atoms with Gasteiger partial charge in [-0.3, -0.25) is 9.36 Å². The van der Waals surface area contributed by atoms with E-state index >= 15 is 0 Å². The van der Waals surface area contributed by atoms with Crippen LogP contribution in [0.2, 0.25) is 15.1 Å². The predicted octanol–water partition coefficient (Wildman–Crippen LogP) is 6.47. The van der Waals surface area contributed by atoms with Gasteiger partial charge in [0.25, 0.3) is 5.91 Å². The van der Waals surface area contributed by atoms with Crippen LogP contribution in [0.25, 0.3) is 21.8 Å². The lowest BCUT2D eigenvalue weighted by Gasteiger charge is -2.11. The molecule has 0 saturated heterocycles. The molecule has 0 bridgehead atoms. The van der Waals surface area contributed by atoms with Crippen LogP contribution in [-0.4, -0.2) is 17.1 Å². The minimum absolute atomic E-state index is 0.205. The minimum atomic E-state index is -0.218. The Labute approximate surface area is 164 Å². The van der Waals surface area contributed by atoms with Crippen LogP contribution >= 0.6 is 34.8 Å². The van der Waals surface area contributed by atoms with Crippen LogP contribution in [-0.2, 0) is 0 Å². The molecule has 0 fully saturated rings. The summed E-state index contributed by atoms with van der Waals surface area (Å²) in [6.07, 6.45) is 0. The van der Waals surface area contributed by atoms with Crippen LogP contribution in [0.15, 0.2) is 60.7 Å². The maximum Gasteiger partial charge on any atom is 0.269 e. The molecule has 0 aliphatic heterocycles. The van der Waals surface area contributed by atoms with Crippen LogP contribution in [0, 0.1) is 0 Å². The second-order valence-corrected chi connectivity index (χ2v) is 7.00. The van der Waals surface area contributed by atoms with Crippen molar-refractivity contribution in [3.05, 3.63) is 75.7 Å². The molecule has 0 N–H and O–H groups in total. The SMILES string of the molecule is O=C(COc1c(Cl)cc(Cl)cc1Cl)n1c2ccccc2c2ccccc21. The summed E-state index contributed by atoms with van der Waals surface area (Å²) in [6.45, 7) is -0.205. The fraction of sp³-hybridized carbons (Fsp3) is 0.0500. The quantitative estimate of drug-likeness (QED) is 0.391. The molecule has 130 valence electrons. The van der Waals surface area contributed by atoms with E-state index in [0.717, 1.165) is 21.8 Å². The van der Waals surface area contributed by atoms with E-state index in [2.05, 4.69) is 0 Å². The second kappa shape index (κ2) is 6.84. The van der Waals surface area contributed by atoms with Crippen LogP contribution in [0.3, 0.4) is 0 Å². The summed E-state index contributed by atoms with van der Waals surface area (Å²) in [5.74, 6) is 0.0244. The molecular weight excluding hydrogens is 393 g/mol. The monoisotopic (exact) mass is 403 g/mol. The predicted molar refractivity (Wildman–Crippen MR) is 107 cm³/mol. The molecule has 4 aromatic rings. The number of para-hydroxylation sites is 2. The van der Waals surface area contributed by atoms with Crippen molar-refractivity contribution >= 4 is 62.5 Å². The van der Waals surface area contributed by atoms with Crippen molar-refractivity contribution in [1.29, 1.82) is 0 Å². The average molecular weight is 405 g/mol. The van der Waals surface area contributed by atoms with Crippen molar-refractivity contribution in [3.8, 4) is 5.75 Å². The van der Waals surface area contributed by atoms with E-state index in [1.807, 2.05) is 48.5 Å². The van der Waals surface area contributed by atoms with E-state index < -0.39 is 0 Å². The summed E-state index contributed by atoms with van der Waals surface area (Å²) in [5, 5.41) is 2.95. The van der Waals surface area contributed by atoms with E-state index in [0.29, 0.717) is 5.02 Å². The Morgan fingerprint density at radius 1 is 0.846 bits per heavy atom. The van der Waals surface area contributed by atoms with E-state index in [1.54, 1.807) is 4.57 Å². The molecule has 0 radical (unpaired) electrons. The Bertz CT molecular complexity index is 1070. The summed E-state index contributed by atoms with van der Waals surface area (Å²) in [7, 11) is 0. The Morgan fingerprint density at radius 3 is 1.88 bits per heavy atom. The number of fused-ring (bicyclic) bond motifs is 3. The van der Waals surface area contributed by atoms with Gasteiger partial charge in [-0.05, 0) is 24.3 Å². The third-order valence-electron chi connectivity index (χ3n) is 4.13. The van der Waals surface area contributed by atoms with E-state index in [-0.39, 0.29) is 28.3 Å². The summed E-state index contributed by atoms with van der Waals surface area (Å²) >= 11 is 18.1. The molecule has 0 unspecified atom stereocenters. The maximum absolute atomic E-state index is 12.9. The smallest absolute Gasteiger partial charge is 0.269 e. The Kier molecular flexibility index (Phi) is 4.53. The molecule has 6 heteroatoms. The van der Waals surface area contributed by atoms with Crippen molar-refractivity contribution in [2.75, 3.05) is 6.61 Å². The highest BCUT2D eigenvalue weighted by atomic mass is 35.5. The molecule has 0 aliphatic carbocycles. The van der Waals surface area contributed by atoms with Gasteiger partial charge in [0.05, 0.1) is 21.1 Å². The zero-order chi connectivity index (χ0) is 18.3. The number of ether oxygens (including phenoxy) is 1. The number of hydrogen-bond donors (Lipinski definition) is 0.